The lowest BCUT2D eigenvalue weighted by Gasteiger charge is -2.18. The Kier molecular flexibility index (Phi) is 58.0. The summed E-state index contributed by atoms with van der Waals surface area (Å²) in [5.74, 6) is -1.06. The molecule has 76 heavy (non-hydrogen) atoms. The van der Waals surface area contributed by atoms with Gasteiger partial charge in [-0.1, -0.05) is 242 Å². The van der Waals surface area contributed by atoms with Gasteiger partial charge in [0, 0.05) is 19.3 Å². The quantitative estimate of drug-likeness (QED) is 0.0261. The van der Waals surface area contributed by atoms with Crippen molar-refractivity contribution in [2.75, 3.05) is 13.2 Å². The SMILES string of the molecule is CC/C=C\C/C=C\C/C=C\C/C=C\C/C=C\C/C=C\C/C=C\C/C=C\C/C=C\CCCCCC(=O)OCC(COC(=O)CC/C=C\C/C=C\C/C=C\C/C=C\CC)OC(=O)CCCCCCC/C=C\CCCCCCC. The average Bonchev–Trinajstić information content (AvgIpc) is 3.42. The second-order valence-electron chi connectivity index (χ2n) is 19.1. The molecule has 0 aliphatic carbocycles. The summed E-state index contributed by atoms with van der Waals surface area (Å²) in [4.78, 5) is 38.1. The van der Waals surface area contributed by atoms with E-state index < -0.39 is 6.10 Å². The molecule has 6 heteroatoms. The Morgan fingerprint density at radius 3 is 0.908 bits per heavy atom. The number of rotatable bonds is 52. The van der Waals surface area contributed by atoms with Crippen molar-refractivity contribution in [3.05, 3.63) is 170 Å². The summed E-state index contributed by atoms with van der Waals surface area (Å²) in [6.07, 6.45) is 92.3. The molecule has 6 nitrogen and oxygen atoms in total. The highest BCUT2D eigenvalue weighted by Gasteiger charge is 2.19. The summed E-state index contributed by atoms with van der Waals surface area (Å²) in [6.45, 7) is 6.28. The minimum Gasteiger partial charge on any atom is -0.462 e. The lowest BCUT2D eigenvalue weighted by Crippen LogP contribution is -2.30. The van der Waals surface area contributed by atoms with Crippen LogP contribution in [0.3, 0.4) is 0 Å². The largest absolute Gasteiger partial charge is 0.462 e. The van der Waals surface area contributed by atoms with Crippen molar-refractivity contribution in [3.8, 4) is 0 Å². The Hall–Kier alpha value is -5.23. The topological polar surface area (TPSA) is 78.9 Å². The molecule has 0 fully saturated rings. The molecule has 0 spiro atoms. The van der Waals surface area contributed by atoms with Gasteiger partial charge in [0.25, 0.3) is 0 Å². The van der Waals surface area contributed by atoms with Crippen LogP contribution >= 0.6 is 0 Å². The monoisotopic (exact) mass is 1040 g/mol. The molecule has 1 atom stereocenters. The summed E-state index contributed by atoms with van der Waals surface area (Å²) >= 11 is 0. The van der Waals surface area contributed by atoms with Crippen LogP contribution in [-0.4, -0.2) is 37.2 Å². The van der Waals surface area contributed by atoms with Gasteiger partial charge in [0.15, 0.2) is 6.10 Å². The van der Waals surface area contributed by atoms with Crippen molar-refractivity contribution >= 4 is 17.9 Å². The molecule has 0 N–H and O–H groups in total. The van der Waals surface area contributed by atoms with Crippen LogP contribution in [0.1, 0.15) is 233 Å². The van der Waals surface area contributed by atoms with Gasteiger partial charge in [-0.2, -0.15) is 0 Å². The molecule has 1 unspecified atom stereocenters. The number of unbranched alkanes of at least 4 members (excludes halogenated alkanes) is 13. The third-order valence-corrected chi connectivity index (χ3v) is 11.9. The number of carbonyl (C=O) groups is 3. The number of hydrogen-bond donors (Lipinski definition) is 0. The normalized spacial score (nSPS) is 13.4. The van der Waals surface area contributed by atoms with Crippen molar-refractivity contribution in [2.45, 2.75) is 239 Å². The number of esters is 3. The standard InChI is InChI=1S/C70H108O6/c1-4-7-10-13-16-19-22-25-27-28-29-30-31-32-33-34-35-36-37-38-39-40-41-42-43-46-48-51-54-57-60-63-69(72)75-66-67(65-74-68(71)62-59-56-53-50-47-44-24-21-18-15-12-9-6-3)76-70(73)64-61-58-55-52-49-45-26-23-20-17-14-11-8-5-2/h7,9-10,12,16,18-19,21,23,25-27,29-30,32-33,35-36,38-39,41-42,44,46-48,53,56,67H,4-6,8,11,13-15,17,20,22,24,28,31,34,37,40,43,45,49-52,54-55,57-66H2,1-3H3/b10-7-,12-9-,19-16-,21-18-,26-23-,27-25-,30-29-,33-32-,36-35-,39-38-,42-41-,47-44-,48-46-,56-53-. The molecule has 0 saturated heterocycles. The first kappa shape index (κ1) is 70.8. The summed E-state index contributed by atoms with van der Waals surface area (Å²) < 4.78 is 16.7. The molecule has 0 amide bonds. The molecule has 0 heterocycles. The molecule has 0 aliphatic rings. The van der Waals surface area contributed by atoms with Crippen LogP contribution < -0.4 is 0 Å². The zero-order valence-electron chi connectivity index (χ0n) is 48.4. The maximum atomic E-state index is 12.8. The smallest absolute Gasteiger partial charge is 0.306 e. The highest BCUT2D eigenvalue weighted by molar-refractivity contribution is 5.71. The Labute approximate surface area is 466 Å². The third kappa shape index (κ3) is 59.6. The molecular formula is C70H108O6. The van der Waals surface area contributed by atoms with Crippen molar-refractivity contribution in [3.63, 3.8) is 0 Å². The lowest BCUT2D eigenvalue weighted by molar-refractivity contribution is -0.166. The fraction of sp³-hybridized carbons (Fsp3) is 0.557. The van der Waals surface area contributed by atoms with Crippen LogP contribution in [0.5, 0.6) is 0 Å². The van der Waals surface area contributed by atoms with Crippen LogP contribution in [0.15, 0.2) is 170 Å². The molecular weight excluding hydrogens is 937 g/mol. The minimum absolute atomic E-state index is 0.128. The minimum atomic E-state index is -0.834. The zero-order valence-corrected chi connectivity index (χ0v) is 48.4. The number of ether oxygens (including phenoxy) is 3. The fourth-order valence-electron chi connectivity index (χ4n) is 7.50. The van der Waals surface area contributed by atoms with Crippen LogP contribution in [0.4, 0.5) is 0 Å². The van der Waals surface area contributed by atoms with Gasteiger partial charge in [-0.3, -0.25) is 14.4 Å². The lowest BCUT2D eigenvalue weighted by atomic mass is 10.1. The van der Waals surface area contributed by atoms with E-state index >= 15 is 0 Å². The van der Waals surface area contributed by atoms with E-state index in [4.69, 9.17) is 14.2 Å². The van der Waals surface area contributed by atoms with Gasteiger partial charge in [0.2, 0.25) is 0 Å². The summed E-state index contributed by atoms with van der Waals surface area (Å²) in [5, 5.41) is 0. The maximum Gasteiger partial charge on any atom is 0.306 e. The Morgan fingerprint density at radius 1 is 0.276 bits per heavy atom. The van der Waals surface area contributed by atoms with E-state index in [-0.39, 0.29) is 44.0 Å². The molecule has 424 valence electrons. The predicted molar refractivity (Wildman–Crippen MR) is 329 cm³/mol. The van der Waals surface area contributed by atoms with E-state index in [1.165, 1.54) is 44.9 Å². The van der Waals surface area contributed by atoms with Crippen LogP contribution in [0.25, 0.3) is 0 Å². The van der Waals surface area contributed by atoms with Gasteiger partial charge in [-0.15, -0.1) is 0 Å². The molecule has 0 aromatic rings. The Balaban J connectivity index is 4.43. The third-order valence-electron chi connectivity index (χ3n) is 11.9. The molecule has 0 radical (unpaired) electrons. The van der Waals surface area contributed by atoms with Crippen LogP contribution in [0, 0.1) is 0 Å². The Morgan fingerprint density at radius 2 is 0.539 bits per heavy atom. The maximum absolute atomic E-state index is 12.8. The highest BCUT2D eigenvalue weighted by Crippen LogP contribution is 2.12. The first-order chi connectivity index (χ1) is 37.5. The van der Waals surface area contributed by atoms with Gasteiger partial charge in [-0.05, 0) is 141 Å². The summed E-state index contributed by atoms with van der Waals surface area (Å²) in [6, 6.07) is 0. The first-order valence-electron chi connectivity index (χ1n) is 30.1. The molecule has 0 aromatic carbocycles. The van der Waals surface area contributed by atoms with Crippen molar-refractivity contribution in [1.82, 2.24) is 0 Å². The summed E-state index contributed by atoms with van der Waals surface area (Å²) in [7, 11) is 0. The zero-order chi connectivity index (χ0) is 55.0. The van der Waals surface area contributed by atoms with E-state index in [1.54, 1.807) is 0 Å². The van der Waals surface area contributed by atoms with Crippen LogP contribution in [0.2, 0.25) is 0 Å². The van der Waals surface area contributed by atoms with Gasteiger partial charge in [0.05, 0.1) is 0 Å². The van der Waals surface area contributed by atoms with Gasteiger partial charge < -0.3 is 14.2 Å². The van der Waals surface area contributed by atoms with Gasteiger partial charge in [-0.25, -0.2) is 0 Å². The molecule has 0 bridgehead atoms. The average molecular weight is 1050 g/mol. The first-order valence-corrected chi connectivity index (χ1v) is 30.1. The highest BCUT2D eigenvalue weighted by atomic mass is 16.6. The summed E-state index contributed by atoms with van der Waals surface area (Å²) in [5.41, 5.74) is 0. The molecule has 0 aliphatic heterocycles. The van der Waals surface area contributed by atoms with E-state index in [1.807, 2.05) is 12.2 Å². The van der Waals surface area contributed by atoms with Crippen molar-refractivity contribution in [1.29, 1.82) is 0 Å². The Bertz CT molecular complexity index is 1770. The van der Waals surface area contributed by atoms with E-state index in [9.17, 15) is 14.4 Å². The number of hydrogen-bond acceptors (Lipinski definition) is 6. The van der Waals surface area contributed by atoms with Crippen molar-refractivity contribution in [2.24, 2.45) is 0 Å². The van der Waals surface area contributed by atoms with E-state index in [0.717, 1.165) is 141 Å². The molecule has 0 aromatic heterocycles. The second-order valence-corrected chi connectivity index (χ2v) is 19.1. The van der Waals surface area contributed by atoms with Crippen molar-refractivity contribution < 1.29 is 28.6 Å². The van der Waals surface area contributed by atoms with E-state index in [0.29, 0.717) is 12.8 Å². The molecule has 0 saturated carbocycles. The van der Waals surface area contributed by atoms with Gasteiger partial charge >= 0.3 is 17.9 Å². The second kappa shape index (κ2) is 62.3. The van der Waals surface area contributed by atoms with Crippen LogP contribution in [-0.2, 0) is 28.6 Å². The van der Waals surface area contributed by atoms with Gasteiger partial charge in [0.1, 0.15) is 13.2 Å². The number of allylic oxidation sites excluding steroid dienone is 28. The fourth-order valence-corrected chi connectivity index (χ4v) is 7.50. The molecule has 0 rings (SSSR count). The number of carbonyl (C=O) groups excluding carboxylic acids is 3. The predicted octanol–water partition coefficient (Wildman–Crippen LogP) is 20.7. The van der Waals surface area contributed by atoms with E-state index in [2.05, 4.69) is 179 Å².